The summed E-state index contributed by atoms with van der Waals surface area (Å²) in [5.74, 6) is 0. The first-order chi connectivity index (χ1) is 5.69. The van der Waals surface area contributed by atoms with Crippen LogP contribution in [0.2, 0.25) is 5.02 Å². The van der Waals surface area contributed by atoms with Crippen LogP contribution in [0.3, 0.4) is 0 Å². The van der Waals surface area contributed by atoms with E-state index in [1.807, 2.05) is 19.1 Å². The number of hydrogen-bond donors (Lipinski definition) is 0. The van der Waals surface area contributed by atoms with Crippen LogP contribution < -0.4 is 0 Å². The summed E-state index contributed by atoms with van der Waals surface area (Å²) in [4.78, 5) is 3.86. The minimum absolute atomic E-state index is 0.734. The van der Waals surface area contributed by atoms with E-state index in [0.29, 0.717) is 0 Å². The molecule has 0 atom stereocenters. The Balaban J connectivity index is 3.37. The molecule has 0 unspecified atom stereocenters. The second-order valence-electron chi connectivity index (χ2n) is 2.52. The summed E-state index contributed by atoms with van der Waals surface area (Å²) in [5.41, 5.74) is 2.75. The van der Waals surface area contributed by atoms with Crippen LogP contribution in [0.4, 0.5) is 5.69 Å². The van der Waals surface area contributed by atoms with Crippen LogP contribution in [-0.4, -0.2) is 6.72 Å². The Hall–Kier alpha value is -1.08. The van der Waals surface area contributed by atoms with Gasteiger partial charge in [0.15, 0.2) is 0 Å². The summed E-state index contributed by atoms with van der Waals surface area (Å²) in [6, 6.07) is 3.74. The number of aryl methyl sites for hydroxylation is 1. The molecule has 0 fully saturated rings. The number of halogens is 1. The summed E-state index contributed by atoms with van der Waals surface area (Å²) in [5, 5.41) is 0.734. The molecule has 1 aromatic carbocycles. The largest absolute Gasteiger partial charge is 0.264 e. The van der Waals surface area contributed by atoms with Crippen molar-refractivity contribution in [3.05, 3.63) is 34.9 Å². The molecule has 0 aliphatic heterocycles. The van der Waals surface area contributed by atoms with Gasteiger partial charge in [-0.25, -0.2) is 0 Å². The molecule has 0 amide bonds. The molecule has 0 heterocycles. The summed E-state index contributed by atoms with van der Waals surface area (Å²) in [6.45, 7) is 9.07. The molecule has 1 nitrogen and oxygen atoms in total. The van der Waals surface area contributed by atoms with E-state index in [-0.39, 0.29) is 0 Å². The Morgan fingerprint density at radius 3 is 2.67 bits per heavy atom. The third-order valence-corrected chi connectivity index (χ3v) is 2.11. The van der Waals surface area contributed by atoms with E-state index in [2.05, 4.69) is 18.3 Å². The molecule has 12 heavy (non-hydrogen) atoms. The van der Waals surface area contributed by atoms with Crippen molar-refractivity contribution in [3.63, 3.8) is 0 Å². The van der Waals surface area contributed by atoms with Gasteiger partial charge < -0.3 is 0 Å². The van der Waals surface area contributed by atoms with E-state index in [9.17, 15) is 0 Å². The highest BCUT2D eigenvalue weighted by molar-refractivity contribution is 6.31. The maximum Gasteiger partial charge on any atom is 0.0698 e. The summed E-state index contributed by atoms with van der Waals surface area (Å²) in [7, 11) is 0. The lowest BCUT2D eigenvalue weighted by molar-refractivity contribution is 1.42. The molecule has 0 bridgehead atoms. The van der Waals surface area contributed by atoms with Gasteiger partial charge in [0.05, 0.1) is 5.69 Å². The second kappa shape index (κ2) is 3.55. The van der Waals surface area contributed by atoms with Gasteiger partial charge in [0.2, 0.25) is 0 Å². The molecule has 0 radical (unpaired) electrons. The fourth-order valence-electron chi connectivity index (χ4n) is 0.982. The Morgan fingerprint density at radius 2 is 2.17 bits per heavy atom. The van der Waals surface area contributed by atoms with Gasteiger partial charge >= 0.3 is 0 Å². The number of rotatable bonds is 2. The third-order valence-electron chi connectivity index (χ3n) is 1.70. The fraction of sp³-hybridized carbons (Fsp3) is 0.100. The van der Waals surface area contributed by atoms with Crippen LogP contribution in [0.1, 0.15) is 11.1 Å². The van der Waals surface area contributed by atoms with Gasteiger partial charge in [-0.2, -0.15) is 0 Å². The zero-order valence-electron chi connectivity index (χ0n) is 6.97. The van der Waals surface area contributed by atoms with E-state index in [4.69, 9.17) is 11.6 Å². The first-order valence-corrected chi connectivity index (χ1v) is 3.96. The number of aliphatic imine (C=N–C) groups is 1. The summed E-state index contributed by atoms with van der Waals surface area (Å²) in [6.07, 6.45) is 1.72. The Labute approximate surface area is 77.4 Å². The van der Waals surface area contributed by atoms with Gasteiger partial charge in [-0.15, -0.1) is 0 Å². The highest BCUT2D eigenvalue weighted by atomic mass is 35.5. The minimum atomic E-state index is 0.734. The van der Waals surface area contributed by atoms with Crippen molar-refractivity contribution in [1.29, 1.82) is 0 Å². The van der Waals surface area contributed by atoms with Crippen LogP contribution in [0.25, 0.3) is 6.08 Å². The van der Waals surface area contributed by atoms with Crippen molar-refractivity contribution in [1.82, 2.24) is 0 Å². The molecule has 1 rings (SSSR count). The summed E-state index contributed by atoms with van der Waals surface area (Å²) >= 11 is 5.91. The SMILES string of the molecule is C=Cc1cc(Cl)c(C)cc1N=C. The minimum Gasteiger partial charge on any atom is -0.264 e. The molecule has 0 saturated carbocycles. The zero-order chi connectivity index (χ0) is 9.14. The average molecular weight is 180 g/mol. The zero-order valence-corrected chi connectivity index (χ0v) is 7.73. The Bertz CT molecular complexity index is 296. The quantitative estimate of drug-likeness (QED) is 0.615. The van der Waals surface area contributed by atoms with Crippen LogP contribution in [0.5, 0.6) is 0 Å². The molecule has 2 heteroatoms. The van der Waals surface area contributed by atoms with Crippen LogP contribution in [0.15, 0.2) is 23.7 Å². The number of nitrogens with zero attached hydrogens (tertiary/aromatic N) is 1. The van der Waals surface area contributed by atoms with Crippen LogP contribution in [0, 0.1) is 6.92 Å². The molecule has 0 aromatic heterocycles. The van der Waals surface area contributed by atoms with Crippen molar-refractivity contribution in [3.8, 4) is 0 Å². The molecule has 0 aliphatic carbocycles. The first kappa shape index (κ1) is 9.01. The Morgan fingerprint density at radius 1 is 1.50 bits per heavy atom. The monoisotopic (exact) mass is 179 g/mol. The van der Waals surface area contributed by atoms with Crippen molar-refractivity contribution in [2.45, 2.75) is 6.92 Å². The Kier molecular flexibility index (Phi) is 2.66. The lowest BCUT2D eigenvalue weighted by Crippen LogP contribution is -1.79. The van der Waals surface area contributed by atoms with Crippen LogP contribution >= 0.6 is 11.6 Å². The molecular weight excluding hydrogens is 170 g/mol. The molecule has 0 saturated heterocycles. The fourth-order valence-corrected chi connectivity index (χ4v) is 1.15. The normalized spacial score (nSPS) is 9.50. The van der Waals surface area contributed by atoms with Crippen molar-refractivity contribution >= 4 is 30.1 Å². The summed E-state index contributed by atoms with van der Waals surface area (Å²) < 4.78 is 0. The van der Waals surface area contributed by atoms with Gasteiger partial charge in [-0.1, -0.05) is 24.3 Å². The van der Waals surface area contributed by atoms with Crippen molar-refractivity contribution < 1.29 is 0 Å². The van der Waals surface area contributed by atoms with E-state index >= 15 is 0 Å². The average Bonchev–Trinajstić information content (AvgIpc) is 2.09. The molecule has 1 aromatic rings. The third kappa shape index (κ3) is 1.56. The first-order valence-electron chi connectivity index (χ1n) is 3.58. The standard InChI is InChI=1S/C10H10ClN/c1-4-8-6-9(11)7(2)5-10(8)12-3/h4-6H,1,3H2,2H3. The highest BCUT2D eigenvalue weighted by Crippen LogP contribution is 2.27. The lowest BCUT2D eigenvalue weighted by Gasteiger charge is -2.03. The number of benzene rings is 1. The maximum atomic E-state index is 5.91. The van der Waals surface area contributed by atoms with Crippen LogP contribution in [-0.2, 0) is 0 Å². The van der Waals surface area contributed by atoms with Gasteiger partial charge in [-0.05, 0) is 31.3 Å². The smallest absolute Gasteiger partial charge is 0.0698 e. The van der Waals surface area contributed by atoms with E-state index in [1.54, 1.807) is 6.08 Å². The lowest BCUT2D eigenvalue weighted by atomic mass is 10.1. The van der Waals surface area contributed by atoms with Gasteiger partial charge in [0, 0.05) is 10.6 Å². The van der Waals surface area contributed by atoms with Crippen molar-refractivity contribution in [2.75, 3.05) is 0 Å². The molecule has 62 valence electrons. The van der Waals surface area contributed by atoms with Gasteiger partial charge in [0.1, 0.15) is 0 Å². The second-order valence-corrected chi connectivity index (χ2v) is 2.93. The predicted octanol–water partition coefficient (Wildman–Crippen LogP) is 3.62. The topological polar surface area (TPSA) is 12.4 Å². The van der Waals surface area contributed by atoms with E-state index in [0.717, 1.165) is 21.8 Å². The molecule has 0 spiro atoms. The maximum absolute atomic E-state index is 5.91. The van der Waals surface area contributed by atoms with Gasteiger partial charge in [-0.3, -0.25) is 4.99 Å². The van der Waals surface area contributed by atoms with E-state index in [1.165, 1.54) is 0 Å². The van der Waals surface area contributed by atoms with Gasteiger partial charge in [0.25, 0.3) is 0 Å². The predicted molar refractivity (Wildman–Crippen MR) is 55.5 cm³/mol. The number of hydrogen-bond acceptors (Lipinski definition) is 1. The van der Waals surface area contributed by atoms with Crippen molar-refractivity contribution in [2.24, 2.45) is 4.99 Å². The highest BCUT2D eigenvalue weighted by Gasteiger charge is 2.01. The molecular formula is C10H10ClN. The molecule has 0 aliphatic rings. The van der Waals surface area contributed by atoms with E-state index < -0.39 is 0 Å². The molecule has 0 N–H and O–H groups in total.